The van der Waals surface area contributed by atoms with E-state index in [1.165, 1.54) is 36.0 Å². The molecule has 1 atom stereocenters. The van der Waals surface area contributed by atoms with Gasteiger partial charge in [-0.1, -0.05) is 23.9 Å². The first-order valence-electron chi connectivity index (χ1n) is 6.79. The van der Waals surface area contributed by atoms with Crippen LogP contribution >= 0.6 is 11.8 Å². The van der Waals surface area contributed by atoms with Crippen LogP contribution in [0, 0.1) is 5.82 Å². The maximum absolute atomic E-state index is 12.8. The summed E-state index contributed by atoms with van der Waals surface area (Å²) in [6.07, 6.45) is 0. The second kappa shape index (κ2) is 6.19. The topological polar surface area (TPSA) is 57.8 Å². The number of benzene rings is 2. The van der Waals surface area contributed by atoms with E-state index in [2.05, 4.69) is 15.3 Å². The van der Waals surface area contributed by atoms with Crippen molar-refractivity contribution < 1.29 is 9.18 Å². The van der Waals surface area contributed by atoms with Crippen LogP contribution < -0.4 is 5.32 Å². The molecule has 6 heteroatoms. The molecule has 4 nitrogen and oxygen atoms in total. The largest absolute Gasteiger partial charge is 0.333 e. The number of hydrogen-bond donors (Lipinski definition) is 2. The predicted molar refractivity (Wildman–Crippen MR) is 86.4 cm³/mol. The highest BCUT2D eigenvalue weighted by atomic mass is 32.2. The Hall–Kier alpha value is -2.34. The Labute approximate surface area is 131 Å². The highest BCUT2D eigenvalue weighted by Crippen LogP contribution is 2.24. The number of nitrogens with one attached hydrogen (secondary N) is 2. The zero-order valence-corrected chi connectivity index (χ0v) is 12.7. The van der Waals surface area contributed by atoms with Crippen LogP contribution in [-0.2, 0) is 4.79 Å². The Balaban J connectivity index is 1.66. The van der Waals surface area contributed by atoms with Gasteiger partial charge in [-0.05, 0) is 43.3 Å². The van der Waals surface area contributed by atoms with E-state index in [1.54, 1.807) is 6.92 Å². The van der Waals surface area contributed by atoms with Crippen molar-refractivity contribution >= 4 is 34.4 Å². The number of carbonyl (C=O) groups excluding carboxylic acids is 1. The second-order valence-electron chi connectivity index (χ2n) is 4.82. The summed E-state index contributed by atoms with van der Waals surface area (Å²) in [6, 6.07) is 13.4. The molecule has 1 amide bonds. The van der Waals surface area contributed by atoms with Gasteiger partial charge in [0.15, 0.2) is 5.16 Å². The minimum Gasteiger partial charge on any atom is -0.333 e. The number of imidazole rings is 1. The first kappa shape index (κ1) is 14.6. The molecule has 1 aromatic heterocycles. The van der Waals surface area contributed by atoms with Crippen molar-refractivity contribution in [3.63, 3.8) is 0 Å². The number of carbonyl (C=O) groups is 1. The monoisotopic (exact) mass is 315 g/mol. The number of fused-ring (bicyclic) bond motifs is 1. The Morgan fingerprint density at radius 2 is 1.95 bits per heavy atom. The summed E-state index contributed by atoms with van der Waals surface area (Å²) in [7, 11) is 0. The van der Waals surface area contributed by atoms with E-state index in [-0.39, 0.29) is 17.0 Å². The number of thioether (sulfide) groups is 1. The van der Waals surface area contributed by atoms with Gasteiger partial charge in [0.2, 0.25) is 5.91 Å². The summed E-state index contributed by atoms with van der Waals surface area (Å²) < 4.78 is 12.8. The zero-order chi connectivity index (χ0) is 15.5. The molecule has 2 N–H and O–H groups in total. The van der Waals surface area contributed by atoms with Gasteiger partial charge in [0.25, 0.3) is 0 Å². The van der Waals surface area contributed by atoms with Gasteiger partial charge in [0, 0.05) is 5.69 Å². The average Bonchev–Trinajstić information content (AvgIpc) is 2.91. The third-order valence-electron chi connectivity index (χ3n) is 3.14. The summed E-state index contributed by atoms with van der Waals surface area (Å²) >= 11 is 1.35. The van der Waals surface area contributed by atoms with Crippen molar-refractivity contribution in [3.8, 4) is 0 Å². The maximum Gasteiger partial charge on any atom is 0.237 e. The van der Waals surface area contributed by atoms with Crippen LogP contribution in [0.1, 0.15) is 6.92 Å². The van der Waals surface area contributed by atoms with Gasteiger partial charge in [-0.3, -0.25) is 4.79 Å². The number of aromatic nitrogens is 2. The standard InChI is InChI=1S/C16H14FN3OS/c1-10(15(21)18-12-8-6-11(17)7-9-12)22-16-19-13-4-2-3-5-14(13)20-16/h2-10H,1H3,(H,18,21)(H,19,20)/t10-/m0/s1. The Morgan fingerprint density at radius 1 is 1.23 bits per heavy atom. The van der Waals surface area contributed by atoms with E-state index in [0.29, 0.717) is 10.8 Å². The Kier molecular flexibility index (Phi) is 4.11. The maximum atomic E-state index is 12.8. The normalized spacial score (nSPS) is 12.3. The van der Waals surface area contributed by atoms with Crippen LogP contribution in [0.4, 0.5) is 10.1 Å². The van der Waals surface area contributed by atoms with E-state index in [1.807, 2.05) is 24.3 Å². The molecule has 0 fully saturated rings. The molecule has 3 aromatic rings. The van der Waals surface area contributed by atoms with Gasteiger partial charge < -0.3 is 10.3 Å². The van der Waals surface area contributed by atoms with Gasteiger partial charge in [0.05, 0.1) is 16.3 Å². The summed E-state index contributed by atoms with van der Waals surface area (Å²) in [6.45, 7) is 1.80. The van der Waals surface area contributed by atoms with Crippen molar-refractivity contribution in [2.75, 3.05) is 5.32 Å². The molecule has 3 rings (SSSR count). The van der Waals surface area contributed by atoms with Crippen LogP contribution in [0.5, 0.6) is 0 Å². The molecule has 0 unspecified atom stereocenters. The quantitative estimate of drug-likeness (QED) is 0.720. The molecule has 0 spiro atoms. The van der Waals surface area contributed by atoms with E-state index >= 15 is 0 Å². The number of H-pyrrole nitrogens is 1. The van der Waals surface area contributed by atoms with E-state index < -0.39 is 0 Å². The molecule has 0 radical (unpaired) electrons. The zero-order valence-electron chi connectivity index (χ0n) is 11.8. The first-order chi connectivity index (χ1) is 10.6. The lowest BCUT2D eigenvalue weighted by Gasteiger charge is -2.10. The molecule has 0 aliphatic heterocycles. The SMILES string of the molecule is C[C@H](Sc1nc2ccccc2[nH]1)C(=O)Nc1ccc(F)cc1. The van der Waals surface area contributed by atoms with Crippen LogP contribution in [0.3, 0.4) is 0 Å². The molecule has 0 aliphatic carbocycles. The summed E-state index contributed by atoms with van der Waals surface area (Å²) in [4.78, 5) is 19.8. The third-order valence-corrected chi connectivity index (χ3v) is 4.12. The lowest BCUT2D eigenvalue weighted by molar-refractivity contribution is -0.115. The predicted octanol–water partition coefficient (Wildman–Crippen LogP) is 3.82. The van der Waals surface area contributed by atoms with Gasteiger partial charge in [-0.2, -0.15) is 0 Å². The molecule has 0 saturated heterocycles. The lowest BCUT2D eigenvalue weighted by atomic mass is 10.3. The van der Waals surface area contributed by atoms with Crippen LogP contribution in [-0.4, -0.2) is 21.1 Å². The number of rotatable bonds is 4. The highest BCUT2D eigenvalue weighted by Gasteiger charge is 2.16. The number of hydrogen-bond acceptors (Lipinski definition) is 3. The molecule has 1 heterocycles. The van der Waals surface area contributed by atoms with E-state index in [4.69, 9.17) is 0 Å². The molecule has 22 heavy (non-hydrogen) atoms. The molecule has 0 aliphatic rings. The van der Waals surface area contributed by atoms with Gasteiger partial charge in [-0.15, -0.1) is 0 Å². The smallest absolute Gasteiger partial charge is 0.237 e. The third kappa shape index (κ3) is 3.28. The summed E-state index contributed by atoms with van der Waals surface area (Å²) in [5, 5.41) is 3.12. The fourth-order valence-electron chi connectivity index (χ4n) is 1.98. The number of amides is 1. The average molecular weight is 315 g/mol. The number of aromatic amines is 1. The molecule has 2 aromatic carbocycles. The number of halogens is 1. The van der Waals surface area contributed by atoms with Gasteiger partial charge in [0.1, 0.15) is 5.82 Å². The van der Waals surface area contributed by atoms with Crippen LogP contribution in [0.2, 0.25) is 0 Å². The number of nitrogens with zero attached hydrogens (tertiary/aromatic N) is 1. The molecular weight excluding hydrogens is 301 g/mol. The fraction of sp³-hybridized carbons (Fsp3) is 0.125. The van der Waals surface area contributed by atoms with Crippen molar-refractivity contribution in [2.45, 2.75) is 17.3 Å². The van der Waals surface area contributed by atoms with E-state index in [0.717, 1.165) is 11.0 Å². The van der Waals surface area contributed by atoms with Crippen LogP contribution in [0.25, 0.3) is 11.0 Å². The van der Waals surface area contributed by atoms with Crippen molar-refractivity contribution in [2.24, 2.45) is 0 Å². The van der Waals surface area contributed by atoms with Crippen molar-refractivity contribution in [3.05, 3.63) is 54.3 Å². The van der Waals surface area contributed by atoms with Crippen molar-refractivity contribution in [1.82, 2.24) is 9.97 Å². The Morgan fingerprint density at radius 3 is 2.68 bits per heavy atom. The second-order valence-corrected chi connectivity index (χ2v) is 6.14. The van der Waals surface area contributed by atoms with Gasteiger partial charge >= 0.3 is 0 Å². The van der Waals surface area contributed by atoms with Crippen LogP contribution in [0.15, 0.2) is 53.7 Å². The molecule has 112 valence electrons. The molecule has 0 bridgehead atoms. The van der Waals surface area contributed by atoms with Gasteiger partial charge in [-0.25, -0.2) is 9.37 Å². The summed E-state index contributed by atoms with van der Waals surface area (Å²) in [5.41, 5.74) is 2.38. The minimum absolute atomic E-state index is 0.155. The fourth-order valence-corrected chi connectivity index (χ4v) is 2.80. The van der Waals surface area contributed by atoms with Crippen molar-refractivity contribution in [1.29, 1.82) is 0 Å². The summed E-state index contributed by atoms with van der Waals surface area (Å²) in [5.74, 6) is -0.486. The number of anilines is 1. The highest BCUT2D eigenvalue weighted by molar-refractivity contribution is 8.00. The Bertz CT molecular complexity index is 768. The minimum atomic E-state index is -0.331. The first-order valence-corrected chi connectivity index (χ1v) is 7.67. The molecular formula is C16H14FN3OS. The van der Waals surface area contributed by atoms with E-state index in [9.17, 15) is 9.18 Å². The number of para-hydroxylation sites is 2. The lowest BCUT2D eigenvalue weighted by Crippen LogP contribution is -2.22. The molecule has 0 saturated carbocycles.